The second-order valence-corrected chi connectivity index (χ2v) is 4.56. The molecule has 17 heavy (non-hydrogen) atoms. The van der Waals surface area contributed by atoms with E-state index in [-0.39, 0.29) is 18.9 Å². The number of rotatable bonds is 6. The second kappa shape index (κ2) is 6.84. The lowest BCUT2D eigenvalue weighted by Crippen LogP contribution is -2.41. The van der Waals surface area contributed by atoms with Gasteiger partial charge in [-0.15, -0.1) is 0 Å². The smallest absolute Gasteiger partial charge is 0.147 e. The van der Waals surface area contributed by atoms with Crippen LogP contribution in [0.4, 0.5) is 0 Å². The Morgan fingerprint density at radius 2 is 2.18 bits per heavy atom. The van der Waals surface area contributed by atoms with Crippen LogP contribution in [0.15, 0.2) is 18.2 Å². The molecule has 0 amide bonds. The van der Waals surface area contributed by atoms with Gasteiger partial charge in [0.15, 0.2) is 0 Å². The highest BCUT2D eigenvalue weighted by Crippen LogP contribution is 2.25. The standard InChI is InChI=1S/C13H20ClNO2/c1-4-11(8-16)15-10(3)17-13-7-9(2)5-6-12(13)14/h5-7,10-11,15-16H,4,8H2,1-3H3. The Morgan fingerprint density at radius 3 is 2.76 bits per heavy atom. The summed E-state index contributed by atoms with van der Waals surface area (Å²) in [6.45, 7) is 6.01. The molecular weight excluding hydrogens is 238 g/mol. The fraction of sp³-hybridized carbons (Fsp3) is 0.538. The van der Waals surface area contributed by atoms with Crippen LogP contribution >= 0.6 is 11.6 Å². The van der Waals surface area contributed by atoms with Crippen molar-refractivity contribution in [3.8, 4) is 5.75 Å². The molecule has 96 valence electrons. The lowest BCUT2D eigenvalue weighted by atomic mass is 10.2. The summed E-state index contributed by atoms with van der Waals surface area (Å²) in [5.41, 5.74) is 1.10. The average Bonchev–Trinajstić information content (AvgIpc) is 2.31. The molecule has 0 aromatic heterocycles. The Balaban J connectivity index is 2.61. The van der Waals surface area contributed by atoms with Crippen molar-refractivity contribution in [2.45, 2.75) is 39.5 Å². The number of ether oxygens (including phenoxy) is 1. The van der Waals surface area contributed by atoms with Crippen LogP contribution in [-0.2, 0) is 0 Å². The van der Waals surface area contributed by atoms with Crippen molar-refractivity contribution in [1.29, 1.82) is 0 Å². The topological polar surface area (TPSA) is 41.5 Å². The largest absolute Gasteiger partial charge is 0.474 e. The summed E-state index contributed by atoms with van der Waals surface area (Å²) >= 11 is 6.04. The number of aliphatic hydroxyl groups excluding tert-OH is 1. The first-order valence-electron chi connectivity index (χ1n) is 5.86. The van der Waals surface area contributed by atoms with E-state index >= 15 is 0 Å². The predicted octanol–water partition coefficient (Wildman–Crippen LogP) is 2.73. The zero-order valence-corrected chi connectivity index (χ0v) is 11.3. The average molecular weight is 258 g/mol. The van der Waals surface area contributed by atoms with Gasteiger partial charge in [-0.1, -0.05) is 24.6 Å². The van der Waals surface area contributed by atoms with Gasteiger partial charge in [0.25, 0.3) is 0 Å². The van der Waals surface area contributed by atoms with E-state index in [9.17, 15) is 0 Å². The Bertz CT molecular complexity index is 353. The maximum Gasteiger partial charge on any atom is 0.147 e. The lowest BCUT2D eigenvalue weighted by molar-refractivity contribution is 0.137. The summed E-state index contributed by atoms with van der Waals surface area (Å²) < 4.78 is 5.71. The molecule has 0 aliphatic carbocycles. The van der Waals surface area contributed by atoms with Crippen molar-refractivity contribution >= 4 is 11.6 Å². The van der Waals surface area contributed by atoms with Crippen molar-refractivity contribution in [3.63, 3.8) is 0 Å². The number of nitrogens with one attached hydrogen (secondary N) is 1. The molecule has 0 spiro atoms. The molecule has 0 saturated heterocycles. The number of aryl methyl sites for hydroxylation is 1. The van der Waals surface area contributed by atoms with E-state index in [1.54, 1.807) is 0 Å². The van der Waals surface area contributed by atoms with Gasteiger partial charge < -0.3 is 9.84 Å². The zero-order chi connectivity index (χ0) is 12.8. The van der Waals surface area contributed by atoms with E-state index in [1.807, 2.05) is 39.0 Å². The zero-order valence-electron chi connectivity index (χ0n) is 10.5. The molecule has 0 fully saturated rings. The predicted molar refractivity (Wildman–Crippen MR) is 70.6 cm³/mol. The molecule has 1 aromatic rings. The van der Waals surface area contributed by atoms with Gasteiger partial charge in [-0.2, -0.15) is 0 Å². The number of aliphatic hydroxyl groups is 1. The number of benzene rings is 1. The first-order chi connectivity index (χ1) is 8.06. The van der Waals surface area contributed by atoms with Gasteiger partial charge in [0.05, 0.1) is 11.6 Å². The Kier molecular flexibility index (Phi) is 5.75. The van der Waals surface area contributed by atoms with Gasteiger partial charge in [0.2, 0.25) is 0 Å². The molecule has 2 N–H and O–H groups in total. The molecule has 3 nitrogen and oxygen atoms in total. The molecule has 0 aliphatic heterocycles. The molecular formula is C13H20ClNO2. The fourth-order valence-corrected chi connectivity index (χ4v) is 1.72. The van der Waals surface area contributed by atoms with Gasteiger partial charge in [-0.3, -0.25) is 5.32 Å². The monoisotopic (exact) mass is 257 g/mol. The SMILES string of the molecule is CCC(CO)NC(C)Oc1cc(C)ccc1Cl. The summed E-state index contributed by atoms with van der Waals surface area (Å²) in [5, 5.41) is 12.9. The third-order valence-electron chi connectivity index (χ3n) is 2.57. The molecule has 0 radical (unpaired) electrons. The highest BCUT2D eigenvalue weighted by molar-refractivity contribution is 6.32. The van der Waals surface area contributed by atoms with Crippen molar-refractivity contribution in [3.05, 3.63) is 28.8 Å². The molecule has 0 bridgehead atoms. The minimum atomic E-state index is -0.189. The molecule has 4 heteroatoms. The summed E-state index contributed by atoms with van der Waals surface area (Å²) in [4.78, 5) is 0. The van der Waals surface area contributed by atoms with Crippen LogP contribution in [0.25, 0.3) is 0 Å². The first-order valence-corrected chi connectivity index (χ1v) is 6.24. The fourth-order valence-electron chi connectivity index (χ4n) is 1.56. The van der Waals surface area contributed by atoms with Crippen molar-refractivity contribution in [2.75, 3.05) is 6.61 Å². The van der Waals surface area contributed by atoms with Gasteiger partial charge in [0.1, 0.15) is 12.0 Å². The Morgan fingerprint density at radius 1 is 1.47 bits per heavy atom. The second-order valence-electron chi connectivity index (χ2n) is 4.15. The number of hydrogen-bond donors (Lipinski definition) is 2. The van der Waals surface area contributed by atoms with Crippen LogP contribution in [0, 0.1) is 6.92 Å². The van der Waals surface area contributed by atoms with E-state index in [4.69, 9.17) is 21.4 Å². The molecule has 2 atom stereocenters. The van der Waals surface area contributed by atoms with Crippen LogP contribution in [-0.4, -0.2) is 24.0 Å². The molecule has 1 aromatic carbocycles. The quantitative estimate of drug-likeness (QED) is 0.770. The van der Waals surface area contributed by atoms with Crippen LogP contribution in [0.5, 0.6) is 5.75 Å². The third kappa shape index (κ3) is 4.54. The van der Waals surface area contributed by atoms with E-state index in [0.717, 1.165) is 12.0 Å². The van der Waals surface area contributed by atoms with Gasteiger partial charge in [-0.05, 0) is 38.0 Å². The highest BCUT2D eigenvalue weighted by atomic mass is 35.5. The van der Waals surface area contributed by atoms with E-state index in [2.05, 4.69) is 5.32 Å². The van der Waals surface area contributed by atoms with Gasteiger partial charge >= 0.3 is 0 Å². The van der Waals surface area contributed by atoms with Crippen LogP contribution in [0.2, 0.25) is 5.02 Å². The molecule has 0 aliphatic rings. The number of hydrogen-bond acceptors (Lipinski definition) is 3. The van der Waals surface area contributed by atoms with Crippen LogP contribution in [0.1, 0.15) is 25.8 Å². The van der Waals surface area contributed by atoms with E-state index in [1.165, 1.54) is 0 Å². The minimum Gasteiger partial charge on any atom is -0.474 e. The van der Waals surface area contributed by atoms with Crippen LogP contribution in [0.3, 0.4) is 0 Å². The normalized spacial score (nSPS) is 14.4. The highest BCUT2D eigenvalue weighted by Gasteiger charge is 2.11. The maximum atomic E-state index is 9.10. The summed E-state index contributed by atoms with van der Waals surface area (Å²) in [6.07, 6.45) is 0.664. The third-order valence-corrected chi connectivity index (χ3v) is 2.89. The Labute approximate surface area is 108 Å². The minimum absolute atomic E-state index is 0.0496. The maximum absolute atomic E-state index is 9.10. The van der Waals surface area contributed by atoms with E-state index in [0.29, 0.717) is 10.8 Å². The van der Waals surface area contributed by atoms with Gasteiger partial charge in [-0.25, -0.2) is 0 Å². The summed E-state index contributed by atoms with van der Waals surface area (Å²) in [7, 11) is 0. The van der Waals surface area contributed by atoms with Crippen molar-refractivity contribution in [2.24, 2.45) is 0 Å². The first kappa shape index (κ1) is 14.3. The van der Waals surface area contributed by atoms with Crippen molar-refractivity contribution in [1.82, 2.24) is 5.32 Å². The van der Waals surface area contributed by atoms with E-state index < -0.39 is 0 Å². The molecule has 2 unspecified atom stereocenters. The molecule has 1 rings (SSSR count). The summed E-state index contributed by atoms with van der Waals surface area (Å²) in [5.74, 6) is 0.666. The van der Waals surface area contributed by atoms with Crippen molar-refractivity contribution < 1.29 is 9.84 Å². The summed E-state index contributed by atoms with van der Waals surface area (Å²) in [6, 6.07) is 5.71. The number of halogens is 1. The van der Waals surface area contributed by atoms with Gasteiger partial charge in [0, 0.05) is 6.04 Å². The van der Waals surface area contributed by atoms with Crippen LogP contribution < -0.4 is 10.1 Å². The Hall–Kier alpha value is -0.770. The molecule has 0 heterocycles. The molecule has 0 saturated carbocycles. The lowest BCUT2D eigenvalue weighted by Gasteiger charge is -2.22.